The molecule has 25 heavy (non-hydrogen) atoms. The van der Waals surface area contributed by atoms with E-state index in [1.54, 1.807) is 7.11 Å². The molecule has 2 aromatic carbocycles. The molecule has 0 aliphatic heterocycles. The Hall–Kier alpha value is -3.29. The second-order valence-electron chi connectivity index (χ2n) is 5.30. The number of nitrogens with zero attached hydrogens (tertiary/aromatic N) is 4. The first kappa shape index (κ1) is 16.6. The second kappa shape index (κ2) is 7.52. The molecule has 3 aromatic rings. The van der Waals surface area contributed by atoms with Crippen molar-refractivity contribution in [1.82, 2.24) is 20.6 Å². The molecule has 0 unspecified atom stereocenters. The fourth-order valence-corrected chi connectivity index (χ4v) is 2.45. The van der Waals surface area contributed by atoms with Crippen molar-refractivity contribution in [3.63, 3.8) is 0 Å². The van der Waals surface area contributed by atoms with Crippen LogP contribution in [-0.4, -0.2) is 28.5 Å². The van der Waals surface area contributed by atoms with Crippen LogP contribution in [0.4, 0.5) is 10.1 Å². The predicted molar refractivity (Wildman–Crippen MR) is 87.6 cm³/mol. The second-order valence-corrected chi connectivity index (χ2v) is 5.30. The highest BCUT2D eigenvalue weighted by molar-refractivity contribution is 5.95. The molecule has 0 aliphatic carbocycles. The number of nitrogens with one attached hydrogen (secondary N) is 1. The Morgan fingerprint density at radius 1 is 1.24 bits per heavy atom. The van der Waals surface area contributed by atoms with Gasteiger partial charge in [-0.1, -0.05) is 18.2 Å². The third kappa shape index (κ3) is 3.97. The number of amides is 1. The number of hydrogen-bond acceptors (Lipinski definition) is 5. The topological polar surface area (TPSA) is 91.1 Å². The highest BCUT2D eigenvalue weighted by Gasteiger charge is 2.22. The van der Waals surface area contributed by atoms with Gasteiger partial charge >= 0.3 is 0 Å². The van der Waals surface area contributed by atoms with Gasteiger partial charge in [0.2, 0.25) is 5.91 Å². The lowest BCUT2D eigenvalue weighted by molar-refractivity contribution is -0.117. The summed E-state index contributed by atoms with van der Waals surface area (Å²) in [7, 11) is 1.56. The monoisotopic (exact) mass is 340 g/mol. The molecule has 0 bridgehead atoms. The number of ether oxygens (including phenoxy) is 1. The molecule has 0 fully saturated rings. The minimum atomic E-state index is -0.712. The first-order valence-electron chi connectivity index (χ1n) is 7.54. The molecular weight excluding hydrogens is 325 g/mol. The number of methoxy groups -OCH3 is 1. The van der Waals surface area contributed by atoms with E-state index in [1.165, 1.54) is 24.3 Å². The zero-order valence-corrected chi connectivity index (χ0v) is 13.4. The van der Waals surface area contributed by atoms with Gasteiger partial charge in [-0.2, -0.15) is 5.21 Å². The van der Waals surface area contributed by atoms with Crippen molar-refractivity contribution in [2.24, 2.45) is 0 Å². The SMILES string of the molecule is COc1ccccc1C[C@@H](C(=O)Nc1ccc(F)cc1)c1nnn[n-]1. The maximum Gasteiger partial charge on any atom is 0.232 e. The minimum absolute atomic E-state index is 0.213. The van der Waals surface area contributed by atoms with Crippen LogP contribution in [-0.2, 0) is 11.2 Å². The average molecular weight is 340 g/mol. The molecule has 0 aliphatic rings. The number of rotatable bonds is 6. The van der Waals surface area contributed by atoms with Crippen LogP contribution in [0.15, 0.2) is 48.5 Å². The predicted octanol–water partition coefficient (Wildman–Crippen LogP) is 1.94. The molecule has 1 N–H and O–H groups in total. The van der Waals surface area contributed by atoms with E-state index in [4.69, 9.17) is 4.74 Å². The number of anilines is 1. The van der Waals surface area contributed by atoms with Crippen molar-refractivity contribution < 1.29 is 13.9 Å². The van der Waals surface area contributed by atoms with Crippen molar-refractivity contribution in [2.75, 3.05) is 12.4 Å². The Kier molecular flexibility index (Phi) is 4.98. The number of para-hydroxylation sites is 1. The molecule has 0 radical (unpaired) electrons. The number of hydrogen-bond donors (Lipinski definition) is 1. The zero-order chi connectivity index (χ0) is 17.6. The first-order chi connectivity index (χ1) is 12.2. The van der Waals surface area contributed by atoms with Crippen LogP contribution >= 0.6 is 0 Å². The minimum Gasteiger partial charge on any atom is -0.496 e. The number of carbonyl (C=O) groups is 1. The number of halogens is 1. The molecule has 0 spiro atoms. The van der Waals surface area contributed by atoms with Crippen molar-refractivity contribution in [2.45, 2.75) is 12.3 Å². The summed E-state index contributed by atoms with van der Waals surface area (Å²) >= 11 is 0. The summed E-state index contributed by atoms with van der Waals surface area (Å²) in [5, 5.41) is 17.3. The van der Waals surface area contributed by atoms with Gasteiger partial charge in [0.05, 0.1) is 13.0 Å². The molecule has 0 saturated carbocycles. The van der Waals surface area contributed by atoms with E-state index in [9.17, 15) is 9.18 Å². The Balaban J connectivity index is 1.84. The van der Waals surface area contributed by atoms with Crippen LogP contribution < -0.4 is 15.2 Å². The van der Waals surface area contributed by atoms with Gasteiger partial charge in [0.25, 0.3) is 0 Å². The van der Waals surface area contributed by atoms with Gasteiger partial charge in [-0.25, -0.2) is 4.39 Å². The summed E-state index contributed by atoms with van der Waals surface area (Å²) in [6.07, 6.45) is 0.310. The van der Waals surface area contributed by atoms with Crippen molar-refractivity contribution in [3.8, 4) is 5.75 Å². The van der Waals surface area contributed by atoms with Gasteiger partial charge in [0, 0.05) is 11.5 Å². The van der Waals surface area contributed by atoms with E-state index >= 15 is 0 Å². The summed E-state index contributed by atoms with van der Waals surface area (Å²) in [4.78, 5) is 12.7. The van der Waals surface area contributed by atoms with E-state index in [0.29, 0.717) is 17.9 Å². The molecule has 1 heterocycles. The van der Waals surface area contributed by atoms with E-state index in [2.05, 4.69) is 25.9 Å². The first-order valence-corrected chi connectivity index (χ1v) is 7.54. The summed E-state index contributed by atoms with van der Waals surface area (Å²) < 4.78 is 18.3. The van der Waals surface area contributed by atoms with Crippen LogP contribution in [0.5, 0.6) is 5.75 Å². The quantitative estimate of drug-likeness (QED) is 0.737. The average Bonchev–Trinajstić information content (AvgIpc) is 3.16. The highest BCUT2D eigenvalue weighted by atomic mass is 19.1. The van der Waals surface area contributed by atoms with Crippen LogP contribution in [0.1, 0.15) is 17.3 Å². The lowest BCUT2D eigenvalue weighted by Crippen LogP contribution is -2.24. The van der Waals surface area contributed by atoms with Gasteiger partial charge in [-0.3, -0.25) is 15.1 Å². The maximum absolute atomic E-state index is 13.0. The van der Waals surface area contributed by atoms with Crippen molar-refractivity contribution >= 4 is 11.6 Å². The fraction of sp³-hybridized carbons (Fsp3) is 0.176. The number of aromatic nitrogens is 4. The fourth-order valence-electron chi connectivity index (χ4n) is 2.45. The Bertz CT molecular complexity index is 837. The molecule has 1 aromatic heterocycles. The molecule has 128 valence electrons. The molecule has 8 heteroatoms. The van der Waals surface area contributed by atoms with Gasteiger partial charge in [-0.15, -0.1) is 0 Å². The summed E-state index contributed by atoms with van der Waals surface area (Å²) in [5.74, 6) is -0.555. The number of benzene rings is 2. The van der Waals surface area contributed by atoms with E-state index in [0.717, 1.165) is 5.56 Å². The summed E-state index contributed by atoms with van der Waals surface area (Å²) in [6.45, 7) is 0. The highest BCUT2D eigenvalue weighted by Crippen LogP contribution is 2.25. The molecule has 1 atom stereocenters. The van der Waals surface area contributed by atoms with Crippen LogP contribution in [0.25, 0.3) is 0 Å². The number of carbonyl (C=O) groups excluding carboxylic acids is 1. The smallest absolute Gasteiger partial charge is 0.232 e. The maximum atomic E-state index is 13.0. The van der Waals surface area contributed by atoms with Crippen LogP contribution in [0.2, 0.25) is 0 Å². The Morgan fingerprint density at radius 2 is 2.00 bits per heavy atom. The van der Waals surface area contributed by atoms with Gasteiger partial charge < -0.3 is 15.2 Å². The standard InChI is InChI=1S/C17H16FN5O2/c1-25-15-5-3-2-4-11(15)10-14(16-20-22-23-21-16)17(24)19-13-8-6-12(18)7-9-13/h2-9,14H,10H2,1H3,(H2,19,20,21,22,23,24)/p-1/t14-/m1/s1. The van der Waals surface area contributed by atoms with Gasteiger partial charge in [0.15, 0.2) is 0 Å². The van der Waals surface area contributed by atoms with Crippen molar-refractivity contribution in [1.29, 1.82) is 0 Å². The van der Waals surface area contributed by atoms with Gasteiger partial charge in [0.1, 0.15) is 11.6 Å². The largest absolute Gasteiger partial charge is 0.496 e. The molecular formula is C17H15FN5O2-. The molecule has 0 saturated heterocycles. The number of tetrazole rings is 1. The lowest BCUT2D eigenvalue weighted by Gasteiger charge is -2.18. The molecule has 7 nitrogen and oxygen atoms in total. The molecule has 3 rings (SSSR count). The summed E-state index contributed by atoms with van der Waals surface area (Å²) in [5.41, 5.74) is 1.30. The zero-order valence-electron chi connectivity index (χ0n) is 13.4. The van der Waals surface area contributed by atoms with Gasteiger partial charge in [-0.05, 0) is 42.3 Å². The molecule has 1 amide bonds. The van der Waals surface area contributed by atoms with E-state index in [-0.39, 0.29) is 17.5 Å². The van der Waals surface area contributed by atoms with E-state index < -0.39 is 5.92 Å². The summed E-state index contributed by atoms with van der Waals surface area (Å²) in [6, 6.07) is 12.9. The lowest BCUT2D eigenvalue weighted by atomic mass is 9.97. The van der Waals surface area contributed by atoms with E-state index in [1.807, 2.05) is 24.3 Å². The third-order valence-electron chi connectivity index (χ3n) is 3.69. The Labute approximate surface area is 143 Å². The van der Waals surface area contributed by atoms with Crippen molar-refractivity contribution in [3.05, 3.63) is 65.7 Å². The van der Waals surface area contributed by atoms with Crippen LogP contribution in [0, 0.1) is 5.82 Å². The third-order valence-corrected chi connectivity index (χ3v) is 3.69. The normalized spacial score (nSPS) is 11.8. The van der Waals surface area contributed by atoms with Crippen LogP contribution in [0.3, 0.4) is 0 Å². The Morgan fingerprint density at radius 3 is 2.68 bits per heavy atom.